The van der Waals surface area contributed by atoms with Gasteiger partial charge in [0, 0.05) is 29.6 Å². The largest absolute Gasteiger partial charge is 0.361 e. The van der Waals surface area contributed by atoms with Crippen LogP contribution in [0, 0.1) is 11.3 Å². The number of benzene rings is 1. The summed E-state index contributed by atoms with van der Waals surface area (Å²) >= 11 is 0. The van der Waals surface area contributed by atoms with Crippen LogP contribution in [0.2, 0.25) is 0 Å². The minimum atomic E-state index is 0. The van der Waals surface area contributed by atoms with Crippen molar-refractivity contribution >= 4 is 29.2 Å². The number of fused-ring (bicyclic) bond motifs is 1. The number of amides is 1. The van der Waals surface area contributed by atoms with Crippen molar-refractivity contribution in [3.8, 4) is 0 Å². The van der Waals surface area contributed by atoms with Gasteiger partial charge in [0.05, 0.1) is 0 Å². The number of H-pyrrole nitrogens is 1. The summed E-state index contributed by atoms with van der Waals surface area (Å²) in [4.78, 5) is 15.6. The highest BCUT2D eigenvalue weighted by Gasteiger charge is 2.57. The molecule has 124 valence electrons. The van der Waals surface area contributed by atoms with E-state index in [0.29, 0.717) is 5.41 Å². The molecule has 23 heavy (non-hydrogen) atoms. The van der Waals surface area contributed by atoms with Gasteiger partial charge in [0.2, 0.25) is 5.91 Å². The molecule has 1 atom stereocenters. The molecule has 2 heterocycles. The lowest BCUT2D eigenvalue weighted by molar-refractivity contribution is -0.123. The van der Waals surface area contributed by atoms with Crippen LogP contribution in [0.25, 0.3) is 10.9 Å². The molecule has 1 saturated heterocycles. The SMILES string of the molecule is Cl.O=C(NCCc1c[nH]c2ccccc12)C1CC12CCNCC2. The summed E-state index contributed by atoms with van der Waals surface area (Å²) in [7, 11) is 0. The summed E-state index contributed by atoms with van der Waals surface area (Å²) in [6.07, 6.45) is 6.36. The number of para-hydroxylation sites is 1. The number of carbonyl (C=O) groups is 1. The zero-order valence-corrected chi connectivity index (χ0v) is 14.0. The molecule has 1 aliphatic heterocycles. The van der Waals surface area contributed by atoms with Gasteiger partial charge in [-0.05, 0) is 55.8 Å². The van der Waals surface area contributed by atoms with Gasteiger partial charge in [-0.3, -0.25) is 4.79 Å². The third-order valence-electron chi connectivity index (χ3n) is 5.47. The third kappa shape index (κ3) is 3.10. The lowest BCUT2D eigenvalue weighted by Gasteiger charge is -2.23. The van der Waals surface area contributed by atoms with Crippen LogP contribution in [0.4, 0.5) is 0 Å². The Labute approximate surface area is 142 Å². The first-order valence-electron chi connectivity index (χ1n) is 8.32. The van der Waals surface area contributed by atoms with Crippen LogP contribution >= 0.6 is 12.4 Å². The number of piperidine rings is 1. The Kier molecular flexibility index (Phi) is 4.64. The monoisotopic (exact) mass is 333 g/mol. The maximum Gasteiger partial charge on any atom is 0.223 e. The van der Waals surface area contributed by atoms with E-state index in [4.69, 9.17) is 0 Å². The Balaban J connectivity index is 0.00000156. The molecular formula is C18H24ClN3O. The van der Waals surface area contributed by atoms with Gasteiger partial charge >= 0.3 is 0 Å². The van der Waals surface area contributed by atoms with Crippen LogP contribution < -0.4 is 10.6 Å². The van der Waals surface area contributed by atoms with Gasteiger partial charge in [0.1, 0.15) is 0 Å². The molecule has 3 N–H and O–H groups in total. The summed E-state index contributed by atoms with van der Waals surface area (Å²) in [5, 5.41) is 7.79. The van der Waals surface area contributed by atoms with Crippen molar-refractivity contribution in [3.63, 3.8) is 0 Å². The zero-order chi connectivity index (χ0) is 15.0. The van der Waals surface area contributed by atoms with E-state index in [-0.39, 0.29) is 24.2 Å². The molecule has 1 unspecified atom stereocenters. The molecular weight excluding hydrogens is 310 g/mol. The zero-order valence-electron chi connectivity index (χ0n) is 13.2. The maximum atomic E-state index is 12.3. The normalized spacial score (nSPS) is 21.8. The minimum absolute atomic E-state index is 0. The van der Waals surface area contributed by atoms with Crippen molar-refractivity contribution in [2.24, 2.45) is 11.3 Å². The van der Waals surface area contributed by atoms with Crippen LogP contribution in [0.1, 0.15) is 24.8 Å². The number of aromatic nitrogens is 1. The fraction of sp³-hybridized carbons (Fsp3) is 0.500. The predicted molar refractivity (Wildman–Crippen MR) is 94.9 cm³/mol. The first-order chi connectivity index (χ1) is 10.8. The summed E-state index contributed by atoms with van der Waals surface area (Å²) in [5.41, 5.74) is 2.78. The van der Waals surface area contributed by atoms with E-state index in [1.807, 2.05) is 6.07 Å². The van der Waals surface area contributed by atoms with Crippen molar-refractivity contribution in [2.75, 3.05) is 19.6 Å². The van der Waals surface area contributed by atoms with Gasteiger partial charge in [-0.25, -0.2) is 0 Å². The first kappa shape index (κ1) is 16.3. The molecule has 1 aromatic heterocycles. The highest BCUT2D eigenvalue weighted by Crippen LogP contribution is 2.58. The molecule has 1 amide bonds. The molecule has 2 fully saturated rings. The highest BCUT2D eigenvalue weighted by atomic mass is 35.5. The van der Waals surface area contributed by atoms with Crippen molar-refractivity contribution in [1.29, 1.82) is 0 Å². The summed E-state index contributed by atoms with van der Waals surface area (Å²) < 4.78 is 0. The number of nitrogens with one attached hydrogen (secondary N) is 3. The lowest BCUT2D eigenvalue weighted by atomic mass is 9.92. The Morgan fingerprint density at radius 2 is 2.04 bits per heavy atom. The number of rotatable bonds is 4. The molecule has 4 rings (SSSR count). The second-order valence-corrected chi connectivity index (χ2v) is 6.77. The van der Waals surface area contributed by atoms with E-state index < -0.39 is 0 Å². The van der Waals surface area contributed by atoms with Crippen LogP contribution in [-0.2, 0) is 11.2 Å². The molecule has 0 radical (unpaired) electrons. The van der Waals surface area contributed by atoms with Gasteiger partial charge < -0.3 is 15.6 Å². The summed E-state index contributed by atoms with van der Waals surface area (Å²) in [6.45, 7) is 2.86. The minimum Gasteiger partial charge on any atom is -0.361 e. The average Bonchev–Trinajstić information content (AvgIpc) is 3.08. The van der Waals surface area contributed by atoms with Crippen molar-refractivity contribution < 1.29 is 4.79 Å². The summed E-state index contributed by atoms with van der Waals surface area (Å²) in [5.74, 6) is 0.527. The predicted octanol–water partition coefficient (Wildman–Crippen LogP) is 2.64. The quantitative estimate of drug-likeness (QED) is 0.805. The number of halogens is 1. The smallest absolute Gasteiger partial charge is 0.223 e. The molecule has 1 aromatic carbocycles. The van der Waals surface area contributed by atoms with E-state index >= 15 is 0 Å². The molecule has 2 aliphatic rings. The van der Waals surface area contributed by atoms with Crippen LogP contribution in [-0.4, -0.2) is 30.5 Å². The summed E-state index contributed by atoms with van der Waals surface area (Å²) in [6, 6.07) is 8.32. The lowest BCUT2D eigenvalue weighted by Crippen LogP contribution is -2.34. The molecule has 1 saturated carbocycles. The van der Waals surface area contributed by atoms with E-state index in [9.17, 15) is 4.79 Å². The van der Waals surface area contributed by atoms with Gasteiger partial charge in [0.25, 0.3) is 0 Å². The molecule has 2 aromatic rings. The highest BCUT2D eigenvalue weighted by molar-refractivity contribution is 5.85. The van der Waals surface area contributed by atoms with Gasteiger partial charge in [-0.15, -0.1) is 12.4 Å². The molecule has 1 spiro atoms. The second-order valence-electron chi connectivity index (χ2n) is 6.77. The third-order valence-corrected chi connectivity index (χ3v) is 5.47. The van der Waals surface area contributed by atoms with E-state index in [1.165, 1.54) is 16.5 Å². The molecule has 0 bridgehead atoms. The average molecular weight is 334 g/mol. The Morgan fingerprint density at radius 3 is 2.87 bits per heavy atom. The van der Waals surface area contributed by atoms with Crippen LogP contribution in [0.3, 0.4) is 0 Å². The Hall–Kier alpha value is -1.52. The molecule has 5 heteroatoms. The van der Waals surface area contributed by atoms with Crippen LogP contribution in [0.15, 0.2) is 30.5 Å². The maximum absolute atomic E-state index is 12.3. The standard InChI is InChI=1S/C18H23N3O.ClH/c22-17(15-11-18(15)6-9-19-10-7-18)20-8-5-13-12-21-16-4-2-1-3-14(13)16;/h1-4,12,15,19,21H,5-11H2,(H,20,22);1H. The second kappa shape index (κ2) is 6.54. The number of aromatic amines is 1. The topological polar surface area (TPSA) is 56.9 Å². The van der Waals surface area contributed by atoms with Crippen LogP contribution in [0.5, 0.6) is 0 Å². The first-order valence-corrected chi connectivity index (χ1v) is 8.32. The van der Waals surface area contributed by atoms with Crippen molar-refractivity contribution in [2.45, 2.75) is 25.7 Å². The fourth-order valence-electron chi connectivity index (χ4n) is 3.98. The van der Waals surface area contributed by atoms with Crippen molar-refractivity contribution in [1.82, 2.24) is 15.6 Å². The van der Waals surface area contributed by atoms with E-state index in [2.05, 4.69) is 40.0 Å². The van der Waals surface area contributed by atoms with Gasteiger partial charge in [0.15, 0.2) is 0 Å². The number of hydrogen-bond acceptors (Lipinski definition) is 2. The van der Waals surface area contributed by atoms with E-state index in [1.54, 1.807) is 0 Å². The molecule has 4 nitrogen and oxygen atoms in total. The Morgan fingerprint density at radius 1 is 1.26 bits per heavy atom. The Bertz CT molecular complexity index is 690. The number of carbonyl (C=O) groups excluding carboxylic acids is 1. The van der Waals surface area contributed by atoms with E-state index in [0.717, 1.165) is 45.3 Å². The van der Waals surface area contributed by atoms with Crippen molar-refractivity contribution in [3.05, 3.63) is 36.0 Å². The fourth-order valence-corrected chi connectivity index (χ4v) is 3.98. The molecule has 1 aliphatic carbocycles. The number of hydrogen-bond donors (Lipinski definition) is 3. The van der Waals surface area contributed by atoms with Gasteiger partial charge in [-0.2, -0.15) is 0 Å². The van der Waals surface area contributed by atoms with Gasteiger partial charge in [-0.1, -0.05) is 18.2 Å².